The van der Waals surface area contributed by atoms with Gasteiger partial charge in [0, 0.05) is 25.7 Å². The molecule has 0 aliphatic carbocycles. The molecule has 0 spiro atoms. The average Bonchev–Trinajstić information content (AvgIpc) is 2.93. The number of nitrogens with one attached hydrogen (secondary N) is 2. The molecule has 1 unspecified atom stereocenters. The number of aromatic nitrogens is 2. The maximum Gasteiger partial charge on any atom is 0.451 e. The van der Waals surface area contributed by atoms with Gasteiger partial charge in [-0.25, -0.2) is 0 Å². The first kappa shape index (κ1) is 15.0. The molecule has 120 valence electrons. The SMILES string of the molecule is N=C(n1nc(N2CCN3CCCC3C2)ccc1=N)C(F)(F)F. The van der Waals surface area contributed by atoms with Crippen molar-refractivity contribution in [2.75, 3.05) is 31.1 Å². The molecule has 1 atom stereocenters. The van der Waals surface area contributed by atoms with Crippen LogP contribution in [0, 0.1) is 10.8 Å². The Hall–Kier alpha value is -1.90. The highest BCUT2D eigenvalue weighted by Gasteiger charge is 2.37. The molecule has 0 amide bonds. The van der Waals surface area contributed by atoms with E-state index in [-0.39, 0.29) is 0 Å². The highest BCUT2D eigenvalue weighted by atomic mass is 19.4. The Morgan fingerprint density at radius 2 is 2.00 bits per heavy atom. The van der Waals surface area contributed by atoms with Crippen LogP contribution in [0.15, 0.2) is 12.1 Å². The Morgan fingerprint density at radius 1 is 1.23 bits per heavy atom. The molecule has 0 radical (unpaired) electrons. The van der Waals surface area contributed by atoms with Gasteiger partial charge in [-0.15, -0.1) is 5.10 Å². The Kier molecular flexibility index (Phi) is 3.67. The summed E-state index contributed by atoms with van der Waals surface area (Å²) < 4.78 is 38.4. The summed E-state index contributed by atoms with van der Waals surface area (Å²) in [5, 5.41) is 18.6. The highest BCUT2D eigenvalue weighted by Crippen LogP contribution is 2.24. The summed E-state index contributed by atoms with van der Waals surface area (Å²) in [6, 6.07) is 3.22. The molecular formula is C13H17F3N6. The van der Waals surface area contributed by atoms with Crippen LogP contribution < -0.4 is 10.4 Å². The molecule has 2 N–H and O–H groups in total. The predicted octanol–water partition coefficient (Wildman–Crippen LogP) is 1.03. The predicted molar refractivity (Wildman–Crippen MR) is 74.1 cm³/mol. The molecule has 6 nitrogen and oxygen atoms in total. The number of piperazine rings is 1. The van der Waals surface area contributed by atoms with Crippen LogP contribution in [0.25, 0.3) is 0 Å². The van der Waals surface area contributed by atoms with Gasteiger partial charge in [0.05, 0.1) is 0 Å². The molecule has 3 heterocycles. The minimum absolute atomic E-state index is 0.344. The Bertz CT molecular complexity index is 637. The Balaban J connectivity index is 1.86. The summed E-state index contributed by atoms with van der Waals surface area (Å²) in [6.07, 6.45) is -2.59. The monoisotopic (exact) mass is 314 g/mol. The number of hydrogen-bond acceptors (Lipinski definition) is 5. The second-order valence-corrected chi connectivity index (χ2v) is 5.61. The van der Waals surface area contributed by atoms with Gasteiger partial charge in [0.25, 0.3) is 0 Å². The molecule has 2 aliphatic heterocycles. The summed E-state index contributed by atoms with van der Waals surface area (Å²) in [7, 11) is 0. The molecular weight excluding hydrogens is 297 g/mol. The van der Waals surface area contributed by atoms with E-state index in [4.69, 9.17) is 10.8 Å². The second-order valence-electron chi connectivity index (χ2n) is 5.61. The van der Waals surface area contributed by atoms with Gasteiger partial charge in [0.1, 0.15) is 11.3 Å². The van der Waals surface area contributed by atoms with Crippen molar-refractivity contribution in [2.45, 2.75) is 25.1 Å². The third kappa shape index (κ3) is 2.72. The van der Waals surface area contributed by atoms with Gasteiger partial charge in [-0.3, -0.25) is 15.7 Å². The fourth-order valence-corrected chi connectivity index (χ4v) is 3.07. The van der Waals surface area contributed by atoms with Crippen molar-refractivity contribution in [3.05, 3.63) is 17.6 Å². The third-order valence-electron chi connectivity index (χ3n) is 4.21. The number of halogens is 3. The zero-order valence-corrected chi connectivity index (χ0v) is 11.9. The van der Waals surface area contributed by atoms with Crippen LogP contribution in [0.1, 0.15) is 12.8 Å². The van der Waals surface area contributed by atoms with Crippen LogP contribution in [0.2, 0.25) is 0 Å². The molecule has 0 aromatic carbocycles. The van der Waals surface area contributed by atoms with Crippen molar-refractivity contribution >= 4 is 11.7 Å². The highest BCUT2D eigenvalue weighted by molar-refractivity contribution is 5.85. The lowest BCUT2D eigenvalue weighted by Gasteiger charge is -2.38. The number of fused-ring (bicyclic) bond motifs is 1. The normalized spacial score (nSPS) is 22.7. The molecule has 9 heteroatoms. The number of alkyl halides is 3. The lowest BCUT2D eigenvalue weighted by Crippen LogP contribution is -2.51. The molecule has 0 bridgehead atoms. The van der Waals surface area contributed by atoms with E-state index in [0.717, 1.165) is 32.5 Å². The quantitative estimate of drug-likeness (QED) is 0.601. The van der Waals surface area contributed by atoms with Crippen LogP contribution in [-0.2, 0) is 0 Å². The van der Waals surface area contributed by atoms with Crippen LogP contribution in [-0.4, -0.2) is 58.9 Å². The van der Waals surface area contributed by atoms with E-state index < -0.39 is 17.5 Å². The van der Waals surface area contributed by atoms with Crippen molar-refractivity contribution in [3.63, 3.8) is 0 Å². The number of rotatable bonds is 1. The topological polar surface area (TPSA) is 72.0 Å². The zero-order chi connectivity index (χ0) is 15.9. The van der Waals surface area contributed by atoms with E-state index in [0.29, 0.717) is 23.1 Å². The van der Waals surface area contributed by atoms with Crippen LogP contribution in [0.5, 0.6) is 0 Å². The first-order valence-corrected chi connectivity index (χ1v) is 7.16. The maximum absolute atomic E-state index is 12.7. The van der Waals surface area contributed by atoms with Crippen molar-refractivity contribution in [2.24, 2.45) is 0 Å². The number of hydrogen-bond donors (Lipinski definition) is 2. The van der Waals surface area contributed by atoms with Crippen LogP contribution >= 0.6 is 0 Å². The van der Waals surface area contributed by atoms with E-state index >= 15 is 0 Å². The van der Waals surface area contributed by atoms with Gasteiger partial charge >= 0.3 is 6.18 Å². The molecule has 2 fully saturated rings. The van der Waals surface area contributed by atoms with Crippen LogP contribution in [0.3, 0.4) is 0 Å². The van der Waals surface area contributed by atoms with E-state index in [9.17, 15) is 13.2 Å². The second kappa shape index (κ2) is 5.38. The smallest absolute Gasteiger partial charge is 0.352 e. The minimum Gasteiger partial charge on any atom is -0.352 e. The Labute approximate surface area is 125 Å². The summed E-state index contributed by atoms with van der Waals surface area (Å²) in [5.74, 6) is -1.25. The third-order valence-corrected chi connectivity index (χ3v) is 4.21. The molecule has 2 saturated heterocycles. The molecule has 22 heavy (non-hydrogen) atoms. The molecule has 1 aromatic heterocycles. The minimum atomic E-state index is -4.82. The van der Waals surface area contributed by atoms with Gasteiger partial charge in [-0.1, -0.05) is 0 Å². The first-order chi connectivity index (χ1) is 10.4. The summed E-state index contributed by atoms with van der Waals surface area (Å²) >= 11 is 0. The lowest BCUT2D eigenvalue weighted by atomic mass is 10.1. The maximum atomic E-state index is 12.7. The van der Waals surface area contributed by atoms with Crippen molar-refractivity contribution in [3.8, 4) is 0 Å². The molecule has 0 saturated carbocycles. The molecule has 1 aromatic rings. The summed E-state index contributed by atoms with van der Waals surface area (Å²) in [6.45, 7) is 3.37. The summed E-state index contributed by atoms with van der Waals surface area (Å²) in [5.41, 5.74) is -0.453. The first-order valence-electron chi connectivity index (χ1n) is 7.16. The van der Waals surface area contributed by atoms with Crippen molar-refractivity contribution in [1.29, 1.82) is 10.8 Å². The standard InChI is InChI=1S/C13H17F3N6/c14-13(15,16)12(18)22-10(17)3-4-11(19-22)21-7-6-20-5-1-2-9(20)8-21/h3-4,9,17-18H,1-2,5-8H2. The Morgan fingerprint density at radius 3 is 2.73 bits per heavy atom. The van der Waals surface area contributed by atoms with Gasteiger partial charge in [-0.05, 0) is 31.5 Å². The van der Waals surface area contributed by atoms with E-state index in [2.05, 4.69) is 10.00 Å². The van der Waals surface area contributed by atoms with Gasteiger partial charge in [0.2, 0.25) is 5.84 Å². The van der Waals surface area contributed by atoms with Crippen LogP contribution in [0.4, 0.5) is 19.0 Å². The number of nitrogens with zero attached hydrogens (tertiary/aromatic N) is 4. The average molecular weight is 314 g/mol. The fraction of sp³-hybridized carbons (Fsp3) is 0.615. The van der Waals surface area contributed by atoms with Gasteiger partial charge in [-0.2, -0.15) is 17.9 Å². The van der Waals surface area contributed by atoms with E-state index in [1.54, 1.807) is 6.07 Å². The zero-order valence-electron chi connectivity index (χ0n) is 11.9. The largest absolute Gasteiger partial charge is 0.451 e. The van der Waals surface area contributed by atoms with Gasteiger partial charge < -0.3 is 4.90 Å². The molecule has 2 aliphatic rings. The fourth-order valence-electron chi connectivity index (χ4n) is 3.07. The lowest BCUT2D eigenvalue weighted by molar-refractivity contribution is -0.0632. The van der Waals surface area contributed by atoms with E-state index in [1.165, 1.54) is 6.07 Å². The van der Waals surface area contributed by atoms with E-state index in [1.807, 2.05) is 4.90 Å². The summed E-state index contributed by atoms with van der Waals surface area (Å²) in [4.78, 5) is 4.33. The molecule has 3 rings (SSSR count). The van der Waals surface area contributed by atoms with Gasteiger partial charge in [0.15, 0.2) is 0 Å². The van der Waals surface area contributed by atoms with Crippen molar-refractivity contribution < 1.29 is 13.2 Å². The van der Waals surface area contributed by atoms with Crippen molar-refractivity contribution in [1.82, 2.24) is 14.7 Å². The number of anilines is 1.